The fourth-order valence-electron chi connectivity index (χ4n) is 2.04. The van der Waals surface area contributed by atoms with Gasteiger partial charge in [0.05, 0.1) is 17.2 Å². The Morgan fingerprint density at radius 3 is 2.00 bits per heavy atom. The minimum absolute atomic E-state index is 0.0837. The van der Waals surface area contributed by atoms with Crippen LogP contribution in [0.15, 0.2) is 17.0 Å². The third-order valence-corrected chi connectivity index (χ3v) is 5.12. The molecule has 22 heavy (non-hydrogen) atoms. The highest BCUT2D eigenvalue weighted by atomic mass is 32.2. The highest BCUT2D eigenvalue weighted by molar-refractivity contribution is 7.89. The van der Waals surface area contributed by atoms with Crippen molar-refractivity contribution in [2.24, 2.45) is 0 Å². The maximum absolute atomic E-state index is 13.7. The van der Waals surface area contributed by atoms with E-state index >= 15 is 0 Å². The molecule has 1 aliphatic carbocycles. The normalized spacial score (nSPS) is 19.0. The van der Waals surface area contributed by atoms with Gasteiger partial charge >= 0.3 is 6.18 Å². The molecule has 2 N–H and O–H groups in total. The van der Waals surface area contributed by atoms with Crippen LogP contribution in [-0.2, 0) is 16.2 Å². The molecule has 10 heteroatoms. The van der Waals surface area contributed by atoms with Crippen LogP contribution in [0.3, 0.4) is 0 Å². The van der Waals surface area contributed by atoms with E-state index in [0.717, 1.165) is 0 Å². The second kappa shape index (κ2) is 5.14. The summed E-state index contributed by atoms with van der Waals surface area (Å²) in [7, 11) is -4.75. The van der Waals surface area contributed by atoms with Crippen molar-refractivity contribution in [2.45, 2.75) is 42.5 Å². The third-order valence-electron chi connectivity index (χ3n) is 3.52. The molecule has 0 saturated heterocycles. The summed E-state index contributed by atoms with van der Waals surface area (Å²) in [5.74, 6) is -3.69. The molecule has 0 radical (unpaired) electrons. The topological polar surface area (TPSA) is 66.4 Å². The van der Waals surface area contributed by atoms with E-state index in [-0.39, 0.29) is 25.0 Å². The highest BCUT2D eigenvalue weighted by Crippen LogP contribution is 2.40. The maximum Gasteiger partial charge on any atom is 0.416 e. The highest BCUT2D eigenvalue weighted by Gasteiger charge is 2.50. The van der Waals surface area contributed by atoms with Gasteiger partial charge in [0, 0.05) is 0 Å². The van der Waals surface area contributed by atoms with Crippen molar-refractivity contribution < 1.29 is 35.5 Å². The largest absolute Gasteiger partial charge is 0.416 e. The molecule has 0 spiro atoms. The van der Waals surface area contributed by atoms with Gasteiger partial charge in [-0.15, -0.1) is 0 Å². The Labute approximate surface area is 123 Å². The van der Waals surface area contributed by atoms with Crippen LogP contribution in [0, 0.1) is 11.6 Å². The predicted octanol–water partition coefficient (Wildman–Crippen LogP) is 2.18. The van der Waals surface area contributed by atoms with Crippen LogP contribution in [0.2, 0.25) is 0 Å². The SMILES string of the molecule is CC(O)C1(NS(=O)(=O)c2c(F)cc(C(F)(F)F)cc2F)CC1. The molecule has 0 aromatic heterocycles. The first-order valence-corrected chi connectivity index (χ1v) is 7.66. The average molecular weight is 345 g/mol. The van der Waals surface area contributed by atoms with Gasteiger partial charge in [0.1, 0.15) is 11.6 Å². The van der Waals surface area contributed by atoms with Crippen molar-refractivity contribution >= 4 is 10.0 Å². The zero-order valence-corrected chi connectivity index (χ0v) is 12.0. The second-order valence-electron chi connectivity index (χ2n) is 5.20. The number of aliphatic hydroxyl groups is 1. The zero-order chi connectivity index (χ0) is 16.9. The fourth-order valence-corrected chi connectivity index (χ4v) is 3.68. The smallest absolute Gasteiger partial charge is 0.391 e. The second-order valence-corrected chi connectivity index (χ2v) is 6.82. The lowest BCUT2D eigenvalue weighted by molar-refractivity contribution is -0.138. The van der Waals surface area contributed by atoms with E-state index < -0.39 is 49.9 Å². The quantitative estimate of drug-likeness (QED) is 0.822. The number of benzene rings is 1. The Morgan fingerprint density at radius 1 is 1.23 bits per heavy atom. The third kappa shape index (κ3) is 3.08. The van der Waals surface area contributed by atoms with Gasteiger partial charge in [0.15, 0.2) is 4.90 Å². The number of halogens is 5. The van der Waals surface area contributed by atoms with Crippen LogP contribution in [0.1, 0.15) is 25.3 Å². The molecule has 1 aromatic carbocycles. The summed E-state index contributed by atoms with van der Waals surface area (Å²) in [6.45, 7) is 1.30. The molecule has 0 amide bonds. The van der Waals surface area contributed by atoms with Crippen LogP contribution in [0.25, 0.3) is 0 Å². The number of hydrogen-bond acceptors (Lipinski definition) is 3. The van der Waals surface area contributed by atoms with E-state index in [9.17, 15) is 35.5 Å². The van der Waals surface area contributed by atoms with Crippen LogP contribution in [-0.4, -0.2) is 25.2 Å². The molecule has 1 aromatic rings. The van der Waals surface area contributed by atoms with E-state index in [2.05, 4.69) is 0 Å². The number of nitrogens with one attached hydrogen (secondary N) is 1. The summed E-state index contributed by atoms with van der Waals surface area (Å²) in [6, 6.07) is -0.167. The number of hydrogen-bond donors (Lipinski definition) is 2. The summed E-state index contributed by atoms with van der Waals surface area (Å²) >= 11 is 0. The van der Waals surface area contributed by atoms with Crippen LogP contribution >= 0.6 is 0 Å². The summed E-state index contributed by atoms with van der Waals surface area (Å²) in [4.78, 5) is -1.49. The minimum atomic E-state index is -5.01. The van der Waals surface area contributed by atoms with Gasteiger partial charge in [0.2, 0.25) is 10.0 Å². The van der Waals surface area contributed by atoms with Gasteiger partial charge in [-0.05, 0) is 31.9 Å². The van der Waals surface area contributed by atoms with Crippen molar-refractivity contribution in [3.63, 3.8) is 0 Å². The Hall–Kier alpha value is -1.26. The van der Waals surface area contributed by atoms with Crippen molar-refractivity contribution in [3.05, 3.63) is 29.3 Å². The molecule has 0 aliphatic heterocycles. The lowest BCUT2D eigenvalue weighted by Crippen LogP contribution is -2.44. The van der Waals surface area contributed by atoms with E-state index in [1.54, 1.807) is 0 Å². The number of alkyl halides is 3. The monoisotopic (exact) mass is 345 g/mol. The molecule has 1 aliphatic rings. The summed E-state index contributed by atoms with van der Waals surface area (Å²) < 4.78 is 90.7. The summed E-state index contributed by atoms with van der Waals surface area (Å²) in [5.41, 5.74) is -2.86. The minimum Gasteiger partial charge on any atom is -0.391 e. The van der Waals surface area contributed by atoms with Gasteiger partial charge in [-0.25, -0.2) is 21.9 Å². The molecule has 0 bridgehead atoms. The molecule has 1 atom stereocenters. The van der Waals surface area contributed by atoms with Gasteiger partial charge in [0.25, 0.3) is 0 Å². The number of aliphatic hydroxyl groups excluding tert-OH is 1. The Morgan fingerprint density at radius 2 is 1.68 bits per heavy atom. The van der Waals surface area contributed by atoms with E-state index in [1.807, 2.05) is 4.72 Å². The van der Waals surface area contributed by atoms with Gasteiger partial charge in [-0.2, -0.15) is 13.2 Å². The molecule has 124 valence electrons. The van der Waals surface area contributed by atoms with Crippen LogP contribution in [0.4, 0.5) is 22.0 Å². The first-order valence-electron chi connectivity index (χ1n) is 6.17. The standard InChI is InChI=1S/C12H12F5NO3S/c1-6(19)11(2-3-11)18-22(20,21)10-8(13)4-7(5-9(10)14)12(15,16)17/h4-6,18-19H,2-3H2,1H3. The number of sulfonamides is 1. The number of rotatable bonds is 4. The van der Waals surface area contributed by atoms with Crippen molar-refractivity contribution in [1.29, 1.82) is 0 Å². The molecule has 4 nitrogen and oxygen atoms in total. The van der Waals surface area contributed by atoms with Crippen molar-refractivity contribution in [2.75, 3.05) is 0 Å². The first-order chi connectivity index (χ1) is 9.89. The van der Waals surface area contributed by atoms with E-state index in [1.165, 1.54) is 6.92 Å². The Balaban J connectivity index is 2.45. The van der Waals surface area contributed by atoms with E-state index in [0.29, 0.717) is 0 Å². The van der Waals surface area contributed by atoms with E-state index in [4.69, 9.17) is 0 Å². The van der Waals surface area contributed by atoms with Gasteiger partial charge in [-0.3, -0.25) is 0 Å². The van der Waals surface area contributed by atoms with Gasteiger partial charge < -0.3 is 5.11 Å². The van der Waals surface area contributed by atoms with Gasteiger partial charge in [-0.1, -0.05) is 0 Å². The molecular formula is C12H12F5NO3S. The average Bonchev–Trinajstić information content (AvgIpc) is 3.06. The molecule has 1 fully saturated rings. The summed E-state index contributed by atoms with van der Waals surface area (Å²) in [6.07, 6.45) is -5.60. The zero-order valence-electron chi connectivity index (χ0n) is 11.2. The van der Waals surface area contributed by atoms with Crippen molar-refractivity contribution in [3.8, 4) is 0 Å². The Bertz CT molecular complexity index is 672. The van der Waals surface area contributed by atoms with Crippen molar-refractivity contribution in [1.82, 2.24) is 4.72 Å². The lowest BCUT2D eigenvalue weighted by atomic mass is 10.2. The predicted molar refractivity (Wildman–Crippen MR) is 65.3 cm³/mol. The maximum atomic E-state index is 13.7. The molecular weight excluding hydrogens is 333 g/mol. The first kappa shape index (κ1) is 17.1. The Kier molecular flexibility index (Phi) is 3.99. The molecule has 1 unspecified atom stereocenters. The van der Waals surface area contributed by atoms with Crippen LogP contribution in [0.5, 0.6) is 0 Å². The summed E-state index contributed by atoms with van der Waals surface area (Å²) in [5, 5.41) is 9.48. The molecule has 0 heterocycles. The lowest BCUT2D eigenvalue weighted by Gasteiger charge is -2.21. The molecule has 2 rings (SSSR count). The fraction of sp³-hybridized carbons (Fsp3) is 0.500. The van der Waals surface area contributed by atoms with Crippen LogP contribution < -0.4 is 4.72 Å². The molecule has 1 saturated carbocycles.